The predicted octanol–water partition coefficient (Wildman–Crippen LogP) is 4.53. The summed E-state index contributed by atoms with van der Waals surface area (Å²) in [5, 5.41) is 15.8. The van der Waals surface area contributed by atoms with Crippen molar-refractivity contribution < 1.29 is 13.6 Å². The van der Waals surface area contributed by atoms with E-state index in [0.29, 0.717) is 35.5 Å². The predicted molar refractivity (Wildman–Crippen MR) is 116 cm³/mol. The van der Waals surface area contributed by atoms with Crippen molar-refractivity contribution in [3.63, 3.8) is 0 Å². The number of nitrogens with one attached hydrogen (secondary N) is 2. The van der Waals surface area contributed by atoms with Crippen molar-refractivity contribution in [1.29, 1.82) is 0 Å². The standard InChI is InChI=1S/C22H28F2N4OS/c1-5-9-22(3,4)20-27-28-21(30-20)26-19(29)18(6-2)25-15-8-7-13-10-14(23)11-17(24)16(13)12-15/h5,10-11,15,18,25H,1,6-9,12H2,2-4H3,(H,26,28,29). The summed E-state index contributed by atoms with van der Waals surface area (Å²) < 4.78 is 27.6. The number of benzene rings is 1. The highest BCUT2D eigenvalue weighted by atomic mass is 32.1. The number of allylic oxidation sites excluding steroid dienone is 1. The summed E-state index contributed by atoms with van der Waals surface area (Å²) in [6.45, 7) is 9.81. The molecule has 1 aromatic heterocycles. The quantitative estimate of drug-likeness (QED) is 0.599. The summed E-state index contributed by atoms with van der Waals surface area (Å²) in [6.07, 6.45) is 4.92. The molecule has 0 saturated carbocycles. The molecule has 162 valence electrons. The third-order valence-corrected chi connectivity index (χ3v) is 6.72. The maximum Gasteiger partial charge on any atom is 0.243 e. The molecule has 0 bridgehead atoms. The Balaban J connectivity index is 1.63. The second kappa shape index (κ2) is 9.31. The van der Waals surface area contributed by atoms with Gasteiger partial charge in [0.2, 0.25) is 11.0 Å². The molecule has 0 aliphatic heterocycles. The number of fused-ring (bicyclic) bond motifs is 1. The molecule has 3 rings (SSSR count). The first-order valence-electron chi connectivity index (χ1n) is 10.2. The molecule has 0 saturated heterocycles. The van der Waals surface area contributed by atoms with Gasteiger partial charge in [0.25, 0.3) is 0 Å². The maximum atomic E-state index is 14.2. The van der Waals surface area contributed by atoms with Crippen molar-refractivity contribution >= 4 is 22.4 Å². The first-order valence-corrected chi connectivity index (χ1v) is 11.0. The number of hydrogen-bond acceptors (Lipinski definition) is 5. The van der Waals surface area contributed by atoms with Gasteiger partial charge in [-0.2, -0.15) is 0 Å². The van der Waals surface area contributed by atoms with Gasteiger partial charge in [0.1, 0.15) is 16.6 Å². The van der Waals surface area contributed by atoms with E-state index in [1.165, 1.54) is 17.4 Å². The summed E-state index contributed by atoms with van der Waals surface area (Å²) >= 11 is 1.36. The van der Waals surface area contributed by atoms with Gasteiger partial charge in [0, 0.05) is 17.5 Å². The lowest BCUT2D eigenvalue weighted by Gasteiger charge is -2.29. The highest BCUT2D eigenvalue weighted by Crippen LogP contribution is 2.31. The van der Waals surface area contributed by atoms with Crippen molar-refractivity contribution in [2.24, 2.45) is 0 Å². The Hall–Kier alpha value is -2.19. The third kappa shape index (κ3) is 5.10. The number of carbonyl (C=O) groups excluding carboxylic acids is 1. The number of hydrogen-bond donors (Lipinski definition) is 2. The van der Waals surface area contributed by atoms with E-state index in [4.69, 9.17) is 0 Å². The molecule has 2 atom stereocenters. The van der Waals surface area contributed by atoms with Crippen LogP contribution in [-0.2, 0) is 23.1 Å². The molecule has 0 fully saturated rings. The second-order valence-electron chi connectivity index (χ2n) is 8.37. The fraction of sp³-hybridized carbons (Fsp3) is 0.500. The Bertz CT molecular complexity index is 928. The fourth-order valence-electron chi connectivity index (χ4n) is 3.78. The van der Waals surface area contributed by atoms with Gasteiger partial charge in [-0.05, 0) is 49.3 Å². The molecule has 1 aliphatic rings. The molecule has 0 spiro atoms. The number of halogens is 2. The second-order valence-corrected chi connectivity index (χ2v) is 9.35. The van der Waals surface area contributed by atoms with Crippen LogP contribution in [0.2, 0.25) is 0 Å². The van der Waals surface area contributed by atoms with E-state index in [9.17, 15) is 13.6 Å². The third-order valence-electron chi connectivity index (χ3n) is 5.52. The summed E-state index contributed by atoms with van der Waals surface area (Å²) in [6, 6.07) is 1.84. The Kier molecular flexibility index (Phi) is 6.98. The van der Waals surface area contributed by atoms with Crippen LogP contribution < -0.4 is 10.6 Å². The van der Waals surface area contributed by atoms with Crippen molar-refractivity contribution in [2.75, 3.05) is 5.32 Å². The molecule has 30 heavy (non-hydrogen) atoms. The Morgan fingerprint density at radius 2 is 2.17 bits per heavy atom. The van der Waals surface area contributed by atoms with Gasteiger partial charge in [0.05, 0.1) is 6.04 Å². The van der Waals surface area contributed by atoms with Gasteiger partial charge in [-0.1, -0.05) is 38.2 Å². The van der Waals surface area contributed by atoms with E-state index in [0.717, 1.165) is 23.9 Å². The van der Waals surface area contributed by atoms with Crippen LogP contribution >= 0.6 is 11.3 Å². The smallest absolute Gasteiger partial charge is 0.243 e. The molecule has 0 radical (unpaired) electrons. The van der Waals surface area contributed by atoms with E-state index in [2.05, 4.69) is 41.3 Å². The Morgan fingerprint density at radius 3 is 2.87 bits per heavy atom. The lowest BCUT2D eigenvalue weighted by molar-refractivity contribution is -0.118. The molecule has 1 aromatic carbocycles. The number of carbonyl (C=O) groups is 1. The van der Waals surface area contributed by atoms with E-state index in [-0.39, 0.29) is 17.4 Å². The normalized spacial score (nSPS) is 17.3. The van der Waals surface area contributed by atoms with E-state index >= 15 is 0 Å². The Labute approximate surface area is 180 Å². The SMILES string of the molecule is C=CCC(C)(C)c1nnc(NC(=O)C(CC)NC2CCc3cc(F)cc(F)c3C2)s1. The molecule has 5 nitrogen and oxygen atoms in total. The van der Waals surface area contributed by atoms with Crippen LogP contribution in [0.15, 0.2) is 24.8 Å². The minimum absolute atomic E-state index is 0.0512. The minimum Gasteiger partial charge on any atom is -0.303 e. The van der Waals surface area contributed by atoms with Gasteiger partial charge in [-0.25, -0.2) is 8.78 Å². The van der Waals surface area contributed by atoms with Gasteiger partial charge in [-0.15, -0.1) is 16.8 Å². The maximum absolute atomic E-state index is 14.2. The van der Waals surface area contributed by atoms with Gasteiger partial charge in [-0.3, -0.25) is 10.1 Å². The average molecular weight is 435 g/mol. The highest BCUT2D eigenvalue weighted by Gasteiger charge is 2.28. The molecule has 2 N–H and O–H groups in total. The minimum atomic E-state index is -0.545. The largest absolute Gasteiger partial charge is 0.303 e. The van der Waals surface area contributed by atoms with Crippen molar-refractivity contribution in [2.45, 2.75) is 70.4 Å². The molecular weight excluding hydrogens is 406 g/mol. The number of nitrogens with zero attached hydrogens (tertiary/aromatic N) is 2. The highest BCUT2D eigenvalue weighted by molar-refractivity contribution is 7.15. The number of amides is 1. The lowest BCUT2D eigenvalue weighted by Crippen LogP contribution is -2.47. The van der Waals surface area contributed by atoms with Gasteiger partial charge >= 0.3 is 0 Å². The molecule has 1 amide bonds. The average Bonchev–Trinajstić information content (AvgIpc) is 3.15. The zero-order valence-corrected chi connectivity index (χ0v) is 18.4. The molecule has 1 aliphatic carbocycles. The van der Waals surface area contributed by atoms with Crippen LogP contribution in [0.5, 0.6) is 0 Å². The lowest BCUT2D eigenvalue weighted by atomic mass is 9.87. The van der Waals surface area contributed by atoms with Crippen LogP contribution in [0.25, 0.3) is 0 Å². The Morgan fingerprint density at radius 1 is 1.40 bits per heavy atom. The molecule has 1 heterocycles. The summed E-state index contributed by atoms with van der Waals surface area (Å²) in [4.78, 5) is 12.8. The monoisotopic (exact) mass is 434 g/mol. The molecule has 2 unspecified atom stereocenters. The van der Waals surface area contributed by atoms with Crippen LogP contribution in [-0.4, -0.2) is 28.2 Å². The summed E-state index contributed by atoms with van der Waals surface area (Å²) in [5.74, 6) is -1.25. The van der Waals surface area contributed by atoms with Crippen LogP contribution in [0.1, 0.15) is 56.2 Å². The van der Waals surface area contributed by atoms with Gasteiger partial charge < -0.3 is 5.32 Å². The molecule has 8 heteroatoms. The molecular formula is C22H28F2N4OS. The van der Waals surface area contributed by atoms with Gasteiger partial charge in [0.15, 0.2) is 0 Å². The number of aryl methyl sites for hydroxylation is 1. The zero-order chi connectivity index (χ0) is 21.9. The summed E-state index contributed by atoms with van der Waals surface area (Å²) in [5.41, 5.74) is 1.06. The van der Waals surface area contributed by atoms with Crippen LogP contribution in [0.3, 0.4) is 0 Å². The summed E-state index contributed by atoms with van der Waals surface area (Å²) in [7, 11) is 0. The van der Waals surface area contributed by atoms with E-state index in [1.807, 2.05) is 13.0 Å². The van der Waals surface area contributed by atoms with Crippen molar-refractivity contribution in [3.05, 3.63) is 52.6 Å². The van der Waals surface area contributed by atoms with E-state index in [1.54, 1.807) is 0 Å². The number of rotatable bonds is 8. The first kappa shape index (κ1) is 22.5. The van der Waals surface area contributed by atoms with Crippen molar-refractivity contribution in [3.8, 4) is 0 Å². The zero-order valence-electron chi connectivity index (χ0n) is 17.6. The number of anilines is 1. The molecule has 2 aromatic rings. The van der Waals surface area contributed by atoms with Crippen molar-refractivity contribution in [1.82, 2.24) is 15.5 Å². The van der Waals surface area contributed by atoms with Crippen LogP contribution in [0.4, 0.5) is 13.9 Å². The topological polar surface area (TPSA) is 66.9 Å². The van der Waals surface area contributed by atoms with E-state index < -0.39 is 17.7 Å². The fourth-order valence-corrected chi connectivity index (χ4v) is 4.64. The first-order chi connectivity index (χ1) is 14.2. The van der Waals surface area contributed by atoms with Crippen LogP contribution in [0, 0.1) is 11.6 Å². The number of aromatic nitrogens is 2.